The molecule has 0 radical (unpaired) electrons. The highest BCUT2D eigenvalue weighted by atomic mass is 79.9. The first-order valence-electron chi connectivity index (χ1n) is 8.18. The highest BCUT2D eigenvalue weighted by Crippen LogP contribution is 2.29. The average Bonchev–Trinajstić information content (AvgIpc) is 2.93. The third kappa shape index (κ3) is 2.41. The average molecular weight is 388 g/mol. The molecule has 25 heavy (non-hydrogen) atoms. The lowest BCUT2D eigenvalue weighted by molar-refractivity contribution is 0.857. The molecule has 0 amide bonds. The van der Waals surface area contributed by atoms with Gasteiger partial charge >= 0.3 is 0 Å². The second-order valence-electron chi connectivity index (χ2n) is 6.12. The van der Waals surface area contributed by atoms with Crippen molar-refractivity contribution < 1.29 is 0 Å². The Labute approximate surface area is 153 Å². The molecule has 2 heterocycles. The first-order chi connectivity index (χ1) is 12.3. The molecule has 5 rings (SSSR count). The lowest BCUT2D eigenvalue weighted by Crippen LogP contribution is -2.01. The molecule has 0 fully saturated rings. The highest BCUT2D eigenvalue weighted by Gasteiger charge is 2.14. The fourth-order valence-corrected chi connectivity index (χ4v) is 3.81. The number of nitrogens with zero attached hydrogens (tertiary/aromatic N) is 3. The van der Waals surface area contributed by atoms with Gasteiger partial charge < -0.3 is 4.57 Å². The van der Waals surface area contributed by atoms with Crippen molar-refractivity contribution in [2.45, 2.75) is 6.54 Å². The first kappa shape index (κ1) is 14.6. The summed E-state index contributed by atoms with van der Waals surface area (Å²) in [5.41, 5.74) is 6.14. The van der Waals surface area contributed by atoms with E-state index < -0.39 is 0 Å². The summed E-state index contributed by atoms with van der Waals surface area (Å²) in [7, 11) is 0. The second kappa shape index (κ2) is 5.67. The molecule has 0 aliphatic rings. The van der Waals surface area contributed by atoms with Crippen LogP contribution in [0.1, 0.15) is 5.56 Å². The van der Waals surface area contributed by atoms with Crippen molar-refractivity contribution in [3.05, 3.63) is 82.8 Å². The zero-order chi connectivity index (χ0) is 16.8. The minimum Gasteiger partial charge on any atom is -0.319 e. The normalized spacial score (nSPS) is 11.6. The smallest absolute Gasteiger partial charge is 0.160 e. The second-order valence-corrected chi connectivity index (χ2v) is 7.03. The molecule has 0 spiro atoms. The third-order valence-electron chi connectivity index (χ3n) is 4.49. The SMILES string of the molecule is Brc1cccc(Cn2c3ccccc3c3nc4ccccc4nc32)c1. The molecule has 5 aromatic rings. The number of benzene rings is 3. The van der Waals surface area contributed by atoms with Crippen molar-refractivity contribution in [2.75, 3.05) is 0 Å². The summed E-state index contributed by atoms with van der Waals surface area (Å²) >= 11 is 3.56. The summed E-state index contributed by atoms with van der Waals surface area (Å²) in [4.78, 5) is 9.82. The zero-order valence-electron chi connectivity index (χ0n) is 13.4. The summed E-state index contributed by atoms with van der Waals surface area (Å²) in [6, 6.07) is 24.8. The van der Waals surface area contributed by atoms with E-state index in [4.69, 9.17) is 9.97 Å². The van der Waals surface area contributed by atoms with E-state index in [1.165, 1.54) is 5.56 Å². The Bertz CT molecular complexity index is 1240. The summed E-state index contributed by atoms with van der Waals surface area (Å²) in [5.74, 6) is 0. The number of hydrogen-bond donors (Lipinski definition) is 0. The fraction of sp³-hybridized carbons (Fsp3) is 0.0476. The van der Waals surface area contributed by atoms with Crippen molar-refractivity contribution in [2.24, 2.45) is 0 Å². The van der Waals surface area contributed by atoms with Gasteiger partial charge in [-0.2, -0.15) is 0 Å². The van der Waals surface area contributed by atoms with Crippen LogP contribution in [0.4, 0.5) is 0 Å². The van der Waals surface area contributed by atoms with Gasteiger partial charge in [0.2, 0.25) is 0 Å². The van der Waals surface area contributed by atoms with Crippen LogP contribution in [0.2, 0.25) is 0 Å². The summed E-state index contributed by atoms with van der Waals surface area (Å²) in [6.07, 6.45) is 0. The van der Waals surface area contributed by atoms with Crippen molar-refractivity contribution in [3.63, 3.8) is 0 Å². The van der Waals surface area contributed by atoms with Gasteiger partial charge in [0.15, 0.2) is 5.65 Å². The minimum atomic E-state index is 0.760. The van der Waals surface area contributed by atoms with E-state index in [1.807, 2.05) is 30.3 Å². The van der Waals surface area contributed by atoms with Crippen LogP contribution < -0.4 is 0 Å². The molecular weight excluding hydrogens is 374 g/mol. The van der Waals surface area contributed by atoms with Crippen molar-refractivity contribution in [3.8, 4) is 0 Å². The number of rotatable bonds is 2. The van der Waals surface area contributed by atoms with Crippen LogP contribution >= 0.6 is 15.9 Å². The van der Waals surface area contributed by atoms with Gasteiger partial charge in [-0.05, 0) is 35.9 Å². The van der Waals surface area contributed by atoms with Crippen LogP contribution in [0.15, 0.2) is 77.3 Å². The molecule has 0 bridgehead atoms. The molecule has 0 saturated heterocycles. The van der Waals surface area contributed by atoms with E-state index in [0.29, 0.717) is 0 Å². The summed E-state index contributed by atoms with van der Waals surface area (Å²) < 4.78 is 3.34. The van der Waals surface area contributed by atoms with Crippen LogP contribution in [-0.4, -0.2) is 14.5 Å². The lowest BCUT2D eigenvalue weighted by atomic mass is 10.2. The monoisotopic (exact) mass is 387 g/mol. The molecule has 0 saturated carbocycles. The molecule has 0 unspecified atom stereocenters. The Hall–Kier alpha value is -2.72. The van der Waals surface area contributed by atoms with E-state index in [9.17, 15) is 0 Å². The van der Waals surface area contributed by atoms with Crippen LogP contribution in [-0.2, 0) is 6.54 Å². The van der Waals surface area contributed by atoms with Gasteiger partial charge in [0.05, 0.1) is 16.6 Å². The van der Waals surface area contributed by atoms with Crippen molar-refractivity contribution in [1.82, 2.24) is 14.5 Å². The van der Waals surface area contributed by atoms with Crippen LogP contribution in [0.3, 0.4) is 0 Å². The van der Waals surface area contributed by atoms with Gasteiger partial charge in [-0.15, -0.1) is 0 Å². The number of para-hydroxylation sites is 3. The highest BCUT2D eigenvalue weighted by molar-refractivity contribution is 9.10. The van der Waals surface area contributed by atoms with Crippen molar-refractivity contribution in [1.29, 1.82) is 0 Å². The van der Waals surface area contributed by atoms with Gasteiger partial charge in [0, 0.05) is 16.4 Å². The number of halogens is 1. The molecule has 120 valence electrons. The van der Waals surface area contributed by atoms with E-state index in [1.54, 1.807) is 0 Å². The molecule has 0 aliphatic heterocycles. The molecule has 0 atom stereocenters. The van der Waals surface area contributed by atoms with E-state index in [2.05, 4.69) is 63.0 Å². The molecular formula is C21H14BrN3. The Morgan fingerprint density at radius 3 is 2.40 bits per heavy atom. The Kier molecular flexibility index (Phi) is 3.31. The summed E-state index contributed by atoms with van der Waals surface area (Å²) in [6.45, 7) is 0.760. The van der Waals surface area contributed by atoms with Crippen LogP contribution in [0.25, 0.3) is 33.1 Å². The predicted molar refractivity (Wildman–Crippen MR) is 106 cm³/mol. The fourth-order valence-electron chi connectivity index (χ4n) is 3.36. The largest absolute Gasteiger partial charge is 0.319 e. The predicted octanol–water partition coefficient (Wildman–Crippen LogP) is 5.55. The zero-order valence-corrected chi connectivity index (χ0v) is 14.9. The molecule has 0 aliphatic carbocycles. The Morgan fingerprint density at radius 2 is 1.56 bits per heavy atom. The van der Waals surface area contributed by atoms with Crippen LogP contribution in [0, 0.1) is 0 Å². The summed E-state index contributed by atoms with van der Waals surface area (Å²) in [5, 5.41) is 1.14. The maximum Gasteiger partial charge on any atom is 0.160 e. The third-order valence-corrected chi connectivity index (χ3v) is 4.98. The van der Waals surface area contributed by atoms with Gasteiger partial charge in [-0.3, -0.25) is 0 Å². The molecule has 4 heteroatoms. The standard InChI is InChI=1S/C21H14BrN3/c22-15-7-5-6-14(12-15)13-25-19-11-4-1-8-16(19)20-21(25)24-18-10-3-2-9-17(18)23-20/h1-12H,13H2. The first-order valence-corrected chi connectivity index (χ1v) is 8.97. The Morgan fingerprint density at radius 1 is 0.800 bits per heavy atom. The molecule has 3 aromatic carbocycles. The van der Waals surface area contributed by atoms with Gasteiger partial charge in [-0.25, -0.2) is 9.97 Å². The van der Waals surface area contributed by atoms with E-state index >= 15 is 0 Å². The van der Waals surface area contributed by atoms with E-state index in [0.717, 1.165) is 44.1 Å². The molecule has 3 nitrogen and oxygen atoms in total. The van der Waals surface area contributed by atoms with Gasteiger partial charge in [0.1, 0.15) is 5.52 Å². The van der Waals surface area contributed by atoms with Crippen molar-refractivity contribution >= 4 is 49.0 Å². The Balaban J connectivity index is 1.84. The number of hydrogen-bond acceptors (Lipinski definition) is 2. The van der Waals surface area contributed by atoms with Gasteiger partial charge in [0.25, 0.3) is 0 Å². The van der Waals surface area contributed by atoms with E-state index in [-0.39, 0.29) is 0 Å². The maximum atomic E-state index is 4.92. The van der Waals surface area contributed by atoms with Crippen LogP contribution in [0.5, 0.6) is 0 Å². The van der Waals surface area contributed by atoms with Gasteiger partial charge in [-0.1, -0.05) is 58.4 Å². The lowest BCUT2D eigenvalue weighted by Gasteiger charge is -2.08. The molecule has 2 aromatic heterocycles. The quantitative estimate of drug-likeness (QED) is 0.397. The molecule has 0 N–H and O–H groups in total. The number of fused-ring (bicyclic) bond motifs is 4. The topological polar surface area (TPSA) is 30.7 Å². The minimum absolute atomic E-state index is 0.760. The maximum absolute atomic E-state index is 4.92. The number of aromatic nitrogens is 3.